The summed E-state index contributed by atoms with van der Waals surface area (Å²) in [7, 11) is 0. The van der Waals surface area contributed by atoms with E-state index in [9.17, 15) is 22.8 Å². The van der Waals surface area contributed by atoms with Gasteiger partial charge in [0.1, 0.15) is 5.82 Å². The molecule has 3 N–H and O–H groups in total. The highest BCUT2D eigenvalue weighted by molar-refractivity contribution is 5.99. The number of likely N-dealkylation sites (tertiary alicyclic amines) is 1. The molecule has 2 heterocycles. The van der Waals surface area contributed by atoms with E-state index < -0.39 is 36.4 Å². The third-order valence-corrected chi connectivity index (χ3v) is 3.86. The van der Waals surface area contributed by atoms with Crippen LogP contribution in [0.4, 0.5) is 19.0 Å². The number of nitrogens with two attached hydrogens (primary N) is 1. The van der Waals surface area contributed by atoms with Crippen molar-refractivity contribution in [3.05, 3.63) is 23.9 Å². The summed E-state index contributed by atoms with van der Waals surface area (Å²) in [5.74, 6) is -4.75. The number of aromatic nitrogens is 1. The molecule has 0 bridgehead atoms. The number of anilines is 1. The Morgan fingerprint density at radius 1 is 1.38 bits per heavy atom. The first kappa shape index (κ1) is 18.0. The number of nitrogens with one attached hydrogen (secondary N) is 1. The van der Waals surface area contributed by atoms with E-state index in [2.05, 4.69) is 10.3 Å². The van der Waals surface area contributed by atoms with Crippen molar-refractivity contribution in [3.63, 3.8) is 0 Å². The lowest BCUT2D eigenvalue weighted by Crippen LogP contribution is -2.37. The van der Waals surface area contributed by atoms with E-state index in [1.807, 2.05) is 13.8 Å². The van der Waals surface area contributed by atoms with Crippen LogP contribution in [0.25, 0.3) is 0 Å². The molecular formula is C15H19F3N4O2. The van der Waals surface area contributed by atoms with Crippen molar-refractivity contribution in [2.75, 3.05) is 18.4 Å². The van der Waals surface area contributed by atoms with E-state index in [-0.39, 0.29) is 18.2 Å². The molecule has 2 atom stereocenters. The van der Waals surface area contributed by atoms with Crippen LogP contribution in [0.3, 0.4) is 0 Å². The molecule has 0 radical (unpaired) electrons. The number of amides is 2. The Labute approximate surface area is 137 Å². The Balaban J connectivity index is 2.27. The molecule has 0 aliphatic carbocycles. The van der Waals surface area contributed by atoms with Crippen molar-refractivity contribution in [2.24, 2.45) is 17.6 Å². The van der Waals surface area contributed by atoms with Crippen molar-refractivity contribution in [1.82, 2.24) is 9.88 Å². The molecule has 24 heavy (non-hydrogen) atoms. The number of alkyl halides is 3. The number of rotatable bonds is 4. The summed E-state index contributed by atoms with van der Waals surface area (Å²) >= 11 is 0. The zero-order valence-electron chi connectivity index (χ0n) is 13.3. The Hall–Kier alpha value is -2.32. The number of carbonyl (C=O) groups excluding carboxylic acids is 2. The average Bonchev–Trinajstić information content (AvgIpc) is 2.92. The second-order valence-corrected chi connectivity index (χ2v) is 6.07. The Morgan fingerprint density at radius 3 is 2.54 bits per heavy atom. The van der Waals surface area contributed by atoms with Gasteiger partial charge in [0.15, 0.2) is 0 Å². The minimum absolute atomic E-state index is 0.00804. The summed E-state index contributed by atoms with van der Waals surface area (Å²) < 4.78 is 39.3. The van der Waals surface area contributed by atoms with Gasteiger partial charge in [-0.3, -0.25) is 9.59 Å². The van der Waals surface area contributed by atoms with Crippen LogP contribution in [-0.4, -0.2) is 47.0 Å². The van der Waals surface area contributed by atoms with Crippen molar-refractivity contribution < 1.29 is 22.8 Å². The fraction of sp³-hybridized carbons (Fsp3) is 0.533. The maximum atomic E-state index is 13.1. The van der Waals surface area contributed by atoms with Crippen LogP contribution < -0.4 is 11.1 Å². The van der Waals surface area contributed by atoms with Crippen LogP contribution in [0.15, 0.2) is 18.3 Å². The van der Waals surface area contributed by atoms with Crippen LogP contribution >= 0.6 is 0 Å². The van der Waals surface area contributed by atoms with Crippen LogP contribution in [0, 0.1) is 11.8 Å². The van der Waals surface area contributed by atoms with E-state index in [4.69, 9.17) is 5.73 Å². The van der Waals surface area contributed by atoms with Gasteiger partial charge < -0.3 is 16.0 Å². The first-order valence-corrected chi connectivity index (χ1v) is 7.48. The highest BCUT2D eigenvalue weighted by Gasteiger charge is 2.53. The van der Waals surface area contributed by atoms with Gasteiger partial charge in [-0.2, -0.15) is 13.2 Å². The second-order valence-electron chi connectivity index (χ2n) is 6.07. The van der Waals surface area contributed by atoms with Gasteiger partial charge in [-0.25, -0.2) is 4.98 Å². The molecule has 1 aromatic heterocycles. The Morgan fingerprint density at radius 2 is 2.04 bits per heavy atom. The largest absolute Gasteiger partial charge is 0.394 e. The van der Waals surface area contributed by atoms with Crippen LogP contribution in [0.1, 0.15) is 24.2 Å². The zero-order valence-corrected chi connectivity index (χ0v) is 13.3. The van der Waals surface area contributed by atoms with Gasteiger partial charge in [0, 0.05) is 25.3 Å². The van der Waals surface area contributed by atoms with Crippen LogP contribution in [0.2, 0.25) is 0 Å². The molecule has 2 amide bonds. The molecule has 132 valence electrons. The first-order chi connectivity index (χ1) is 11.1. The van der Waals surface area contributed by atoms with Crippen molar-refractivity contribution in [3.8, 4) is 0 Å². The zero-order chi connectivity index (χ0) is 18.1. The predicted octanol–water partition coefficient (Wildman–Crippen LogP) is 1.64. The second kappa shape index (κ2) is 6.66. The molecular weight excluding hydrogens is 325 g/mol. The number of pyridine rings is 1. The van der Waals surface area contributed by atoms with Crippen molar-refractivity contribution in [1.29, 1.82) is 0 Å². The number of hydrogen-bond acceptors (Lipinski definition) is 4. The van der Waals surface area contributed by atoms with Gasteiger partial charge in [0.2, 0.25) is 5.91 Å². The van der Waals surface area contributed by atoms with E-state index in [1.54, 1.807) is 0 Å². The Kier molecular flexibility index (Phi) is 5.00. The number of halogens is 3. The summed E-state index contributed by atoms with van der Waals surface area (Å²) in [6, 6.07) is 3.01. The number of primary amides is 1. The third-order valence-electron chi connectivity index (χ3n) is 3.86. The molecule has 6 nitrogen and oxygen atoms in total. The highest BCUT2D eigenvalue weighted by atomic mass is 19.4. The average molecular weight is 344 g/mol. The normalized spacial score (nSPS) is 21.2. The molecule has 0 saturated carbocycles. The van der Waals surface area contributed by atoms with Crippen molar-refractivity contribution >= 4 is 17.6 Å². The van der Waals surface area contributed by atoms with E-state index in [0.29, 0.717) is 5.82 Å². The van der Waals surface area contributed by atoms with E-state index in [1.165, 1.54) is 18.3 Å². The predicted molar refractivity (Wildman–Crippen MR) is 81.1 cm³/mol. The van der Waals surface area contributed by atoms with Gasteiger partial charge >= 0.3 is 6.18 Å². The Bertz CT molecular complexity index is 633. The smallest absolute Gasteiger partial charge is 0.369 e. The summed E-state index contributed by atoms with van der Waals surface area (Å²) in [5.41, 5.74) is 5.24. The van der Waals surface area contributed by atoms with Gasteiger partial charge in [-0.05, 0) is 26.0 Å². The summed E-state index contributed by atoms with van der Waals surface area (Å²) in [4.78, 5) is 29.0. The molecule has 2 rings (SSSR count). The van der Waals surface area contributed by atoms with Crippen LogP contribution in [0.5, 0.6) is 0 Å². The van der Waals surface area contributed by atoms with E-state index >= 15 is 0 Å². The maximum Gasteiger partial charge on any atom is 0.394 e. The topological polar surface area (TPSA) is 88.3 Å². The lowest BCUT2D eigenvalue weighted by molar-refractivity contribution is -0.182. The molecule has 0 unspecified atom stereocenters. The minimum Gasteiger partial charge on any atom is -0.369 e. The molecule has 1 fully saturated rings. The van der Waals surface area contributed by atoms with Gasteiger partial charge in [-0.15, -0.1) is 0 Å². The standard InChI is InChI=1S/C15H19F3N4O2/c1-8(2)21-13-9(4-3-5-20-13)14(24)22-6-10(12(19)23)11(7-22)15(16,17)18/h3-5,8,10-11H,6-7H2,1-2H3,(H2,19,23)(H,20,21)/t10-,11-/m1/s1. The fourth-order valence-corrected chi connectivity index (χ4v) is 2.73. The number of nitrogens with zero attached hydrogens (tertiary/aromatic N) is 2. The van der Waals surface area contributed by atoms with Gasteiger partial charge in [0.25, 0.3) is 5.91 Å². The number of carbonyl (C=O) groups is 2. The molecule has 1 aliphatic rings. The van der Waals surface area contributed by atoms with Crippen LogP contribution in [-0.2, 0) is 4.79 Å². The highest BCUT2D eigenvalue weighted by Crippen LogP contribution is 2.38. The summed E-state index contributed by atoms with van der Waals surface area (Å²) in [5, 5.41) is 2.98. The van der Waals surface area contributed by atoms with Gasteiger partial charge in [-0.1, -0.05) is 0 Å². The molecule has 9 heteroatoms. The molecule has 1 aromatic rings. The fourth-order valence-electron chi connectivity index (χ4n) is 2.73. The third kappa shape index (κ3) is 3.77. The van der Waals surface area contributed by atoms with Gasteiger partial charge in [0.05, 0.1) is 17.4 Å². The van der Waals surface area contributed by atoms with E-state index in [0.717, 1.165) is 4.90 Å². The van der Waals surface area contributed by atoms with Crippen molar-refractivity contribution in [2.45, 2.75) is 26.1 Å². The first-order valence-electron chi connectivity index (χ1n) is 7.48. The molecule has 1 saturated heterocycles. The SMILES string of the molecule is CC(C)Nc1ncccc1C(=O)N1C[C@@H](C(F)(F)F)[C@H](C(N)=O)C1. The summed E-state index contributed by atoms with van der Waals surface area (Å²) in [6.07, 6.45) is -3.11. The number of hydrogen-bond donors (Lipinski definition) is 2. The summed E-state index contributed by atoms with van der Waals surface area (Å²) in [6.45, 7) is 2.75. The molecule has 1 aliphatic heterocycles. The molecule has 0 spiro atoms. The lowest BCUT2D eigenvalue weighted by atomic mass is 9.95. The molecule has 0 aromatic carbocycles. The lowest BCUT2D eigenvalue weighted by Gasteiger charge is -2.20. The minimum atomic E-state index is -4.59. The monoisotopic (exact) mass is 344 g/mol. The quantitative estimate of drug-likeness (QED) is 0.869. The maximum absolute atomic E-state index is 13.1.